The molecule has 2 aromatic rings. The molecule has 2 rings (SSSR count). The van der Waals surface area contributed by atoms with Crippen LogP contribution < -0.4 is 0 Å². The summed E-state index contributed by atoms with van der Waals surface area (Å²) in [7, 11) is 0. The molecule has 0 spiro atoms. The summed E-state index contributed by atoms with van der Waals surface area (Å²) in [5, 5.41) is 0.942. The third-order valence-electron chi connectivity index (χ3n) is 2.04. The number of aromatic nitrogens is 1. The first-order valence-electron chi connectivity index (χ1n) is 4.65. The molecule has 0 saturated carbocycles. The van der Waals surface area contributed by atoms with Gasteiger partial charge in [-0.25, -0.2) is 0 Å². The zero-order valence-electron chi connectivity index (χ0n) is 8.38. The average Bonchev–Trinajstić information content (AvgIpc) is 2.64. The molecule has 0 atom stereocenters. The Morgan fingerprint density at radius 3 is 2.29 bits per heavy atom. The summed E-state index contributed by atoms with van der Waals surface area (Å²) in [6, 6.07) is 10.4. The number of rotatable bonds is 3. The predicted octanol–water partition coefficient (Wildman–Crippen LogP) is 5.22. The van der Waals surface area contributed by atoms with E-state index in [1.54, 1.807) is 36.4 Å². The monoisotopic (exact) mass is 293 g/mol. The Morgan fingerprint density at radius 1 is 1.06 bits per heavy atom. The maximum absolute atomic E-state index is 12.6. The highest BCUT2D eigenvalue weighted by Gasteiger charge is 2.27. The zero-order valence-corrected chi connectivity index (χ0v) is 10.7. The second-order valence-electron chi connectivity index (χ2n) is 3.29. The second kappa shape index (κ2) is 4.88. The van der Waals surface area contributed by atoms with E-state index in [1.165, 1.54) is 0 Å². The van der Waals surface area contributed by atoms with Crippen molar-refractivity contribution in [3.63, 3.8) is 0 Å². The van der Waals surface area contributed by atoms with Gasteiger partial charge in [-0.15, -0.1) is 0 Å². The summed E-state index contributed by atoms with van der Waals surface area (Å²) in [6.45, 7) is 0. The first-order valence-corrected chi connectivity index (χ1v) is 6.22. The molecular weight excluding hydrogens is 287 g/mol. The SMILES string of the molecule is FC(F)(Cl)Sc1ccc(-c2ccc(Cl)cc2)[nH]1. The first-order chi connectivity index (χ1) is 7.94. The van der Waals surface area contributed by atoms with Crippen molar-refractivity contribution in [1.82, 2.24) is 4.98 Å². The van der Waals surface area contributed by atoms with Crippen LogP contribution in [0.15, 0.2) is 41.4 Å². The number of benzene rings is 1. The summed E-state index contributed by atoms with van der Waals surface area (Å²) in [5.41, 5.74) is 1.62. The lowest BCUT2D eigenvalue weighted by atomic mass is 10.2. The van der Waals surface area contributed by atoms with Crippen molar-refractivity contribution in [1.29, 1.82) is 0 Å². The largest absolute Gasteiger partial charge is 0.377 e. The van der Waals surface area contributed by atoms with Gasteiger partial charge in [0.2, 0.25) is 0 Å². The van der Waals surface area contributed by atoms with Crippen LogP contribution in [-0.2, 0) is 0 Å². The Balaban J connectivity index is 2.21. The predicted molar refractivity (Wildman–Crippen MR) is 67.9 cm³/mol. The molecule has 0 fully saturated rings. The molecule has 1 N–H and O–H groups in total. The van der Waals surface area contributed by atoms with E-state index < -0.39 is 4.71 Å². The van der Waals surface area contributed by atoms with E-state index >= 15 is 0 Å². The quantitative estimate of drug-likeness (QED) is 0.606. The van der Waals surface area contributed by atoms with E-state index in [-0.39, 0.29) is 11.8 Å². The van der Waals surface area contributed by atoms with Crippen molar-refractivity contribution in [2.45, 2.75) is 9.74 Å². The molecule has 0 aliphatic carbocycles. The molecule has 0 amide bonds. The minimum Gasteiger partial charge on any atom is -0.350 e. The topological polar surface area (TPSA) is 15.8 Å². The van der Waals surface area contributed by atoms with Gasteiger partial charge in [0.1, 0.15) is 0 Å². The summed E-state index contributed by atoms with van der Waals surface area (Å²) < 4.78 is 21.8. The Hall–Kier alpha value is -0.710. The van der Waals surface area contributed by atoms with Crippen LogP contribution >= 0.6 is 35.0 Å². The van der Waals surface area contributed by atoms with Crippen molar-refractivity contribution in [3.8, 4) is 11.3 Å². The molecule has 17 heavy (non-hydrogen) atoms. The van der Waals surface area contributed by atoms with E-state index in [4.69, 9.17) is 23.2 Å². The zero-order chi connectivity index (χ0) is 12.5. The summed E-state index contributed by atoms with van der Waals surface area (Å²) in [6.07, 6.45) is 0. The fourth-order valence-corrected chi connectivity index (χ4v) is 2.28. The maximum Gasteiger partial charge on any atom is 0.377 e. The molecule has 0 unspecified atom stereocenters. The first kappa shape index (κ1) is 12.7. The molecule has 0 bridgehead atoms. The highest BCUT2D eigenvalue weighted by Crippen LogP contribution is 2.39. The number of alkyl halides is 3. The number of thioether (sulfide) groups is 1. The Labute approximate surface area is 111 Å². The van der Waals surface area contributed by atoms with Gasteiger partial charge >= 0.3 is 4.71 Å². The summed E-state index contributed by atoms with van der Waals surface area (Å²) in [4.78, 5) is 2.86. The fraction of sp³-hybridized carbons (Fsp3) is 0.0909. The fourth-order valence-electron chi connectivity index (χ4n) is 1.36. The number of hydrogen-bond donors (Lipinski definition) is 1. The van der Waals surface area contributed by atoms with Crippen LogP contribution in [0, 0.1) is 0 Å². The standard InChI is InChI=1S/C11H7Cl2F2NS/c12-8-3-1-7(2-4-8)9-5-6-10(16-9)17-11(13,14)15/h1-6,16H. The maximum atomic E-state index is 12.6. The highest BCUT2D eigenvalue weighted by molar-refractivity contribution is 8.01. The normalized spacial score (nSPS) is 11.8. The molecule has 1 aromatic heterocycles. The lowest BCUT2D eigenvalue weighted by Crippen LogP contribution is -1.96. The van der Waals surface area contributed by atoms with E-state index in [1.807, 2.05) is 0 Å². The van der Waals surface area contributed by atoms with E-state index in [0.717, 1.165) is 11.3 Å². The van der Waals surface area contributed by atoms with E-state index in [2.05, 4.69) is 4.98 Å². The van der Waals surface area contributed by atoms with Gasteiger partial charge in [-0.1, -0.05) is 23.7 Å². The molecule has 1 heterocycles. The van der Waals surface area contributed by atoms with Gasteiger partial charge < -0.3 is 4.98 Å². The van der Waals surface area contributed by atoms with Crippen LogP contribution in [-0.4, -0.2) is 9.70 Å². The van der Waals surface area contributed by atoms with Crippen LogP contribution in [0.3, 0.4) is 0 Å². The summed E-state index contributed by atoms with van der Waals surface area (Å²) >= 11 is 10.9. The van der Waals surface area contributed by atoms with Crippen LogP contribution in [0.25, 0.3) is 11.3 Å². The van der Waals surface area contributed by atoms with Crippen LogP contribution in [0.4, 0.5) is 8.78 Å². The van der Waals surface area contributed by atoms with Gasteiger partial charge in [-0.2, -0.15) is 8.78 Å². The molecule has 6 heteroatoms. The van der Waals surface area contributed by atoms with Gasteiger partial charge in [0, 0.05) is 10.7 Å². The van der Waals surface area contributed by atoms with Crippen LogP contribution in [0.2, 0.25) is 5.02 Å². The van der Waals surface area contributed by atoms with Gasteiger partial charge in [-0.3, -0.25) is 0 Å². The minimum absolute atomic E-state index is 0.270. The number of hydrogen-bond acceptors (Lipinski definition) is 1. The van der Waals surface area contributed by atoms with Crippen molar-refractivity contribution in [3.05, 3.63) is 41.4 Å². The number of aromatic amines is 1. The van der Waals surface area contributed by atoms with Gasteiger partial charge in [0.05, 0.1) is 5.03 Å². The van der Waals surface area contributed by atoms with Crippen molar-refractivity contribution >= 4 is 35.0 Å². The second-order valence-corrected chi connectivity index (χ2v) is 5.58. The Morgan fingerprint density at radius 2 is 1.71 bits per heavy atom. The number of H-pyrrole nitrogens is 1. The van der Waals surface area contributed by atoms with E-state index in [0.29, 0.717) is 10.0 Å². The Bertz CT molecular complexity index is 505. The molecule has 0 aliphatic rings. The molecular formula is C11H7Cl2F2NS. The summed E-state index contributed by atoms with van der Waals surface area (Å²) in [5.74, 6) is 0. The van der Waals surface area contributed by atoms with Crippen molar-refractivity contribution < 1.29 is 8.78 Å². The van der Waals surface area contributed by atoms with Gasteiger partial charge in [0.15, 0.2) is 0 Å². The molecule has 1 nitrogen and oxygen atoms in total. The lowest BCUT2D eigenvalue weighted by Gasteiger charge is -2.04. The third kappa shape index (κ3) is 3.63. The molecule has 0 aliphatic heterocycles. The lowest BCUT2D eigenvalue weighted by molar-refractivity contribution is 0.203. The molecule has 1 aromatic carbocycles. The highest BCUT2D eigenvalue weighted by atomic mass is 35.5. The smallest absolute Gasteiger partial charge is 0.350 e. The minimum atomic E-state index is -3.30. The van der Waals surface area contributed by atoms with Crippen molar-refractivity contribution in [2.24, 2.45) is 0 Å². The van der Waals surface area contributed by atoms with Crippen LogP contribution in [0.1, 0.15) is 0 Å². The average molecular weight is 294 g/mol. The third-order valence-corrected chi connectivity index (χ3v) is 3.21. The van der Waals surface area contributed by atoms with E-state index in [9.17, 15) is 8.78 Å². The molecule has 0 saturated heterocycles. The van der Waals surface area contributed by atoms with Crippen molar-refractivity contribution in [2.75, 3.05) is 0 Å². The van der Waals surface area contributed by atoms with Gasteiger partial charge in [-0.05, 0) is 53.2 Å². The number of halogens is 4. The number of nitrogens with one attached hydrogen (secondary N) is 1. The molecule has 0 radical (unpaired) electrons. The van der Waals surface area contributed by atoms with Crippen LogP contribution in [0.5, 0.6) is 0 Å². The Kier molecular flexibility index (Phi) is 3.66. The van der Waals surface area contributed by atoms with Gasteiger partial charge in [0.25, 0.3) is 0 Å². The molecule has 90 valence electrons.